The van der Waals surface area contributed by atoms with Gasteiger partial charge in [-0.25, -0.2) is 9.18 Å². The Morgan fingerprint density at radius 3 is 2.58 bits per heavy atom. The number of rotatable bonds is 6. The van der Waals surface area contributed by atoms with Gasteiger partial charge < -0.3 is 14.6 Å². The number of amides is 1. The van der Waals surface area contributed by atoms with E-state index in [0.717, 1.165) is 4.57 Å². The number of hydrogen-bond donors (Lipinski definition) is 1. The van der Waals surface area contributed by atoms with Gasteiger partial charge in [0.2, 0.25) is 5.91 Å². The van der Waals surface area contributed by atoms with Crippen LogP contribution < -0.4 is 21.3 Å². The van der Waals surface area contributed by atoms with E-state index in [9.17, 15) is 18.8 Å². The molecule has 2 aromatic rings. The number of ether oxygens (including phenoxy) is 1. The fourth-order valence-corrected chi connectivity index (χ4v) is 2.20. The van der Waals surface area contributed by atoms with E-state index in [4.69, 9.17) is 4.74 Å². The van der Waals surface area contributed by atoms with Crippen LogP contribution in [-0.2, 0) is 18.9 Å². The van der Waals surface area contributed by atoms with Gasteiger partial charge in [0.05, 0.1) is 11.6 Å². The molecule has 0 fully saturated rings. The minimum Gasteiger partial charge on any atom is -0.491 e. The molecule has 8 heteroatoms. The van der Waals surface area contributed by atoms with Crippen molar-refractivity contribution < 1.29 is 13.9 Å². The lowest BCUT2D eigenvalue weighted by Crippen LogP contribution is -2.38. The smallest absolute Gasteiger partial charge is 0.330 e. The highest BCUT2D eigenvalue weighted by molar-refractivity contribution is 5.91. The average Bonchev–Trinajstić information content (AvgIpc) is 2.61. The van der Waals surface area contributed by atoms with E-state index in [0.29, 0.717) is 5.75 Å². The molecule has 1 heterocycles. The van der Waals surface area contributed by atoms with Crippen molar-refractivity contribution in [2.75, 3.05) is 6.61 Å². The molecule has 0 spiro atoms. The van der Waals surface area contributed by atoms with Crippen molar-refractivity contribution in [2.45, 2.75) is 13.0 Å². The van der Waals surface area contributed by atoms with Gasteiger partial charge in [-0.2, -0.15) is 0 Å². The third-order valence-corrected chi connectivity index (χ3v) is 3.59. The lowest BCUT2D eigenvalue weighted by Gasteiger charge is -2.14. The largest absolute Gasteiger partial charge is 0.491 e. The summed E-state index contributed by atoms with van der Waals surface area (Å²) in [4.78, 5) is 35.6. The van der Waals surface area contributed by atoms with Crippen LogP contribution in [0.4, 0.5) is 4.39 Å². The summed E-state index contributed by atoms with van der Waals surface area (Å²) in [5.41, 5.74) is -0.701. The molecule has 0 aliphatic heterocycles. The van der Waals surface area contributed by atoms with E-state index >= 15 is 0 Å². The number of halogens is 1. The van der Waals surface area contributed by atoms with E-state index in [1.54, 1.807) is 6.92 Å². The molecule has 2 rings (SSSR count). The van der Waals surface area contributed by atoms with Crippen LogP contribution in [0.25, 0.3) is 6.08 Å². The maximum Gasteiger partial charge on any atom is 0.330 e. The molecule has 0 radical (unpaired) electrons. The van der Waals surface area contributed by atoms with E-state index < -0.39 is 17.2 Å². The molecule has 1 aromatic heterocycles. The van der Waals surface area contributed by atoms with Gasteiger partial charge in [-0.3, -0.25) is 14.2 Å². The van der Waals surface area contributed by atoms with Crippen molar-refractivity contribution >= 4 is 12.0 Å². The van der Waals surface area contributed by atoms with Gasteiger partial charge in [-0.1, -0.05) is 0 Å². The number of carbonyl (C=O) groups is 1. The number of aryl methyl sites for hydroxylation is 1. The lowest BCUT2D eigenvalue weighted by atomic mass is 10.2. The molecule has 0 bridgehead atoms. The number of aromatic nitrogens is 2. The zero-order valence-electron chi connectivity index (χ0n) is 14.7. The molecule has 1 N–H and O–H groups in total. The van der Waals surface area contributed by atoms with E-state index in [-0.39, 0.29) is 24.0 Å². The standard InChI is InChI=1S/C18H20FN3O4/c1-12(11-26-15-7-5-14(19)6-8-15)20-16(23)9-4-13-10-21(2)18(25)22(3)17(13)24/h4-10,12H,11H2,1-3H3,(H,20,23)/b9-4+. The number of benzene rings is 1. The van der Waals surface area contributed by atoms with Crippen molar-refractivity contribution in [1.29, 1.82) is 0 Å². The van der Waals surface area contributed by atoms with Crippen LogP contribution in [0.5, 0.6) is 5.75 Å². The second-order valence-electron chi connectivity index (χ2n) is 5.85. The SMILES string of the molecule is CC(COc1ccc(F)cc1)NC(=O)/C=C/c1cn(C)c(=O)n(C)c1=O. The lowest BCUT2D eigenvalue weighted by molar-refractivity contribution is -0.117. The first kappa shape index (κ1) is 19.2. The summed E-state index contributed by atoms with van der Waals surface area (Å²) in [6.07, 6.45) is 3.94. The van der Waals surface area contributed by atoms with Gasteiger partial charge in [0.25, 0.3) is 5.56 Å². The highest BCUT2D eigenvalue weighted by atomic mass is 19.1. The predicted octanol–water partition coefficient (Wildman–Crippen LogP) is 0.820. The molecule has 1 aromatic carbocycles. The van der Waals surface area contributed by atoms with Crippen molar-refractivity contribution in [2.24, 2.45) is 14.1 Å². The molecule has 1 atom stereocenters. The summed E-state index contributed by atoms with van der Waals surface area (Å²) in [5, 5.41) is 2.69. The Hall–Kier alpha value is -3.16. The molecular formula is C18H20FN3O4. The first-order chi connectivity index (χ1) is 12.3. The zero-order chi connectivity index (χ0) is 19.3. The Bertz CT molecular complexity index is 929. The molecule has 138 valence electrons. The summed E-state index contributed by atoms with van der Waals surface area (Å²) >= 11 is 0. The van der Waals surface area contributed by atoms with Gasteiger partial charge in [-0.05, 0) is 37.3 Å². The predicted molar refractivity (Wildman–Crippen MR) is 95.5 cm³/mol. The van der Waals surface area contributed by atoms with Crippen LogP contribution in [0.15, 0.2) is 46.1 Å². The second-order valence-corrected chi connectivity index (χ2v) is 5.85. The summed E-state index contributed by atoms with van der Waals surface area (Å²) in [6.45, 7) is 1.95. The molecule has 1 amide bonds. The monoisotopic (exact) mass is 361 g/mol. The van der Waals surface area contributed by atoms with Gasteiger partial charge >= 0.3 is 5.69 Å². The number of nitrogens with zero attached hydrogens (tertiary/aromatic N) is 2. The molecule has 0 aliphatic carbocycles. The van der Waals surface area contributed by atoms with Crippen molar-refractivity contribution in [3.05, 3.63) is 68.8 Å². The Kier molecular flexibility index (Phi) is 6.11. The Morgan fingerprint density at radius 1 is 1.27 bits per heavy atom. The van der Waals surface area contributed by atoms with Gasteiger partial charge in [-0.15, -0.1) is 0 Å². The number of nitrogens with one attached hydrogen (secondary N) is 1. The average molecular weight is 361 g/mol. The van der Waals surface area contributed by atoms with E-state index in [1.807, 2.05) is 0 Å². The molecule has 26 heavy (non-hydrogen) atoms. The first-order valence-corrected chi connectivity index (χ1v) is 7.91. The van der Waals surface area contributed by atoms with Crippen molar-refractivity contribution in [1.82, 2.24) is 14.5 Å². The fraction of sp³-hybridized carbons (Fsp3) is 0.278. The van der Waals surface area contributed by atoms with Gasteiger partial charge in [0, 0.05) is 26.4 Å². The van der Waals surface area contributed by atoms with E-state index in [2.05, 4.69) is 5.32 Å². The highest BCUT2D eigenvalue weighted by Crippen LogP contribution is 2.11. The van der Waals surface area contributed by atoms with Crippen LogP contribution in [0.3, 0.4) is 0 Å². The molecule has 0 aliphatic rings. The fourth-order valence-electron chi connectivity index (χ4n) is 2.20. The summed E-state index contributed by atoms with van der Waals surface area (Å²) in [7, 11) is 2.89. The number of carbonyl (C=O) groups excluding carboxylic acids is 1. The van der Waals surface area contributed by atoms with Gasteiger partial charge in [0.1, 0.15) is 18.2 Å². The second kappa shape index (κ2) is 8.28. The quantitative estimate of drug-likeness (QED) is 0.773. The molecule has 0 saturated heterocycles. The van der Waals surface area contributed by atoms with Crippen molar-refractivity contribution in [3.8, 4) is 5.75 Å². The van der Waals surface area contributed by atoms with Crippen molar-refractivity contribution in [3.63, 3.8) is 0 Å². The summed E-state index contributed by atoms with van der Waals surface area (Å²) in [5.74, 6) is -0.263. The molecular weight excluding hydrogens is 341 g/mol. The maximum absolute atomic E-state index is 12.8. The Balaban J connectivity index is 1.93. The summed E-state index contributed by atoms with van der Waals surface area (Å²) in [6, 6.07) is 5.27. The third-order valence-electron chi connectivity index (χ3n) is 3.59. The number of hydrogen-bond acceptors (Lipinski definition) is 4. The maximum atomic E-state index is 12.8. The zero-order valence-corrected chi connectivity index (χ0v) is 14.7. The Morgan fingerprint density at radius 2 is 1.92 bits per heavy atom. The minimum atomic E-state index is -0.482. The van der Waals surface area contributed by atoms with Crippen LogP contribution in [0, 0.1) is 5.82 Å². The Labute approximate surface area is 149 Å². The van der Waals surface area contributed by atoms with Crippen LogP contribution >= 0.6 is 0 Å². The minimum absolute atomic E-state index is 0.201. The normalized spacial score (nSPS) is 12.2. The van der Waals surface area contributed by atoms with Crippen LogP contribution in [0.1, 0.15) is 12.5 Å². The highest BCUT2D eigenvalue weighted by Gasteiger charge is 2.08. The summed E-state index contributed by atoms with van der Waals surface area (Å²) < 4.78 is 20.5. The first-order valence-electron chi connectivity index (χ1n) is 7.91. The van der Waals surface area contributed by atoms with Gasteiger partial charge in [0.15, 0.2) is 0 Å². The van der Waals surface area contributed by atoms with E-state index in [1.165, 1.54) is 61.3 Å². The topological polar surface area (TPSA) is 82.3 Å². The molecule has 0 saturated carbocycles. The van der Waals surface area contributed by atoms with Crippen LogP contribution in [0.2, 0.25) is 0 Å². The molecule has 1 unspecified atom stereocenters. The third kappa shape index (κ3) is 4.92. The molecule has 7 nitrogen and oxygen atoms in total. The van der Waals surface area contributed by atoms with Crippen LogP contribution in [-0.4, -0.2) is 27.7 Å².